The predicted octanol–water partition coefficient (Wildman–Crippen LogP) is 4.36. The maximum Gasteiger partial charge on any atom is 0.259 e. The van der Waals surface area contributed by atoms with Crippen molar-refractivity contribution in [1.29, 1.82) is 0 Å². The Kier molecular flexibility index (Phi) is 4.41. The van der Waals surface area contributed by atoms with Crippen LogP contribution in [0, 0.1) is 20.8 Å². The number of aromatic nitrogens is 2. The number of amides is 1. The zero-order chi connectivity index (χ0) is 17.4. The Bertz CT molecular complexity index is 907. The van der Waals surface area contributed by atoms with Gasteiger partial charge in [-0.05, 0) is 46.8 Å². The standard InChI is InChI=1S/C18H21N3O2S/c1-6-21(7-2)18(22)14-9-15(13-8-10(3)24-12(13)5)19-17-16(14)11(4)20-23-17/h8-9H,6-7H2,1-5H3. The van der Waals surface area contributed by atoms with Gasteiger partial charge < -0.3 is 9.42 Å². The van der Waals surface area contributed by atoms with Crippen LogP contribution in [0.25, 0.3) is 22.4 Å². The van der Waals surface area contributed by atoms with E-state index in [0.29, 0.717) is 35.4 Å². The van der Waals surface area contributed by atoms with Gasteiger partial charge in [-0.2, -0.15) is 0 Å². The molecular weight excluding hydrogens is 322 g/mol. The van der Waals surface area contributed by atoms with Crippen molar-refractivity contribution in [3.8, 4) is 11.3 Å². The van der Waals surface area contributed by atoms with Crippen molar-refractivity contribution in [2.24, 2.45) is 0 Å². The first-order chi connectivity index (χ1) is 11.5. The van der Waals surface area contributed by atoms with E-state index in [1.54, 1.807) is 16.2 Å². The summed E-state index contributed by atoms with van der Waals surface area (Å²) in [6.45, 7) is 11.3. The number of nitrogens with zero attached hydrogens (tertiary/aromatic N) is 3. The first-order valence-corrected chi connectivity index (χ1v) is 8.91. The van der Waals surface area contributed by atoms with Crippen molar-refractivity contribution in [3.63, 3.8) is 0 Å². The summed E-state index contributed by atoms with van der Waals surface area (Å²) >= 11 is 1.72. The summed E-state index contributed by atoms with van der Waals surface area (Å²) in [6, 6.07) is 3.98. The molecule has 3 heterocycles. The summed E-state index contributed by atoms with van der Waals surface area (Å²) in [6.07, 6.45) is 0. The third-order valence-corrected chi connectivity index (χ3v) is 5.18. The minimum absolute atomic E-state index is 0.00967. The lowest BCUT2D eigenvalue weighted by molar-refractivity contribution is 0.0775. The molecule has 0 saturated carbocycles. The molecule has 0 fully saturated rings. The monoisotopic (exact) mass is 343 g/mol. The number of carbonyl (C=O) groups excluding carboxylic acids is 1. The molecule has 3 aromatic rings. The van der Waals surface area contributed by atoms with Gasteiger partial charge in [0.15, 0.2) is 0 Å². The molecule has 3 rings (SSSR count). The largest absolute Gasteiger partial charge is 0.339 e. The van der Waals surface area contributed by atoms with E-state index >= 15 is 0 Å². The van der Waals surface area contributed by atoms with Gasteiger partial charge in [0.05, 0.1) is 22.3 Å². The number of hydrogen-bond donors (Lipinski definition) is 0. The minimum atomic E-state index is -0.00967. The van der Waals surface area contributed by atoms with Crippen LogP contribution in [0.1, 0.15) is 39.7 Å². The third kappa shape index (κ3) is 2.71. The molecule has 24 heavy (non-hydrogen) atoms. The van der Waals surface area contributed by atoms with Gasteiger partial charge in [0.1, 0.15) is 0 Å². The highest BCUT2D eigenvalue weighted by Crippen LogP contribution is 2.33. The van der Waals surface area contributed by atoms with E-state index in [1.807, 2.05) is 26.8 Å². The fourth-order valence-corrected chi connectivity index (χ4v) is 3.90. The molecule has 0 aliphatic carbocycles. The van der Waals surface area contributed by atoms with Gasteiger partial charge in [0.25, 0.3) is 11.6 Å². The fourth-order valence-electron chi connectivity index (χ4n) is 2.97. The van der Waals surface area contributed by atoms with E-state index in [4.69, 9.17) is 4.52 Å². The lowest BCUT2D eigenvalue weighted by Gasteiger charge is -2.19. The molecule has 0 saturated heterocycles. The second-order valence-corrected chi connectivity index (χ2v) is 7.27. The van der Waals surface area contributed by atoms with Crippen LogP contribution < -0.4 is 0 Å². The average molecular weight is 343 g/mol. The molecule has 126 valence electrons. The van der Waals surface area contributed by atoms with E-state index < -0.39 is 0 Å². The second-order valence-electron chi connectivity index (χ2n) is 5.81. The van der Waals surface area contributed by atoms with Gasteiger partial charge in [0.2, 0.25) is 0 Å². The second kappa shape index (κ2) is 6.36. The number of fused-ring (bicyclic) bond motifs is 1. The fraction of sp³-hybridized carbons (Fsp3) is 0.389. The van der Waals surface area contributed by atoms with Crippen molar-refractivity contribution >= 4 is 28.3 Å². The Morgan fingerprint density at radius 3 is 2.50 bits per heavy atom. The van der Waals surface area contributed by atoms with Gasteiger partial charge in [-0.25, -0.2) is 4.98 Å². The normalized spacial score (nSPS) is 11.2. The van der Waals surface area contributed by atoms with Gasteiger partial charge >= 0.3 is 0 Å². The van der Waals surface area contributed by atoms with Crippen molar-refractivity contribution in [2.75, 3.05) is 13.1 Å². The van der Waals surface area contributed by atoms with Crippen molar-refractivity contribution in [3.05, 3.63) is 33.1 Å². The molecule has 0 atom stereocenters. The molecule has 0 N–H and O–H groups in total. The van der Waals surface area contributed by atoms with Crippen LogP contribution >= 0.6 is 11.3 Å². The van der Waals surface area contributed by atoms with E-state index in [0.717, 1.165) is 11.3 Å². The molecule has 5 nitrogen and oxygen atoms in total. The van der Waals surface area contributed by atoms with Crippen LogP contribution in [-0.4, -0.2) is 34.0 Å². The zero-order valence-electron chi connectivity index (χ0n) is 14.6. The number of hydrogen-bond acceptors (Lipinski definition) is 5. The van der Waals surface area contributed by atoms with Crippen molar-refractivity contribution in [2.45, 2.75) is 34.6 Å². The summed E-state index contributed by atoms with van der Waals surface area (Å²) in [5, 5.41) is 4.72. The summed E-state index contributed by atoms with van der Waals surface area (Å²) in [7, 11) is 0. The molecule has 3 aromatic heterocycles. The Morgan fingerprint density at radius 1 is 1.21 bits per heavy atom. The topological polar surface area (TPSA) is 59.2 Å². The van der Waals surface area contributed by atoms with Crippen LogP contribution in [0.4, 0.5) is 0 Å². The van der Waals surface area contributed by atoms with Gasteiger partial charge in [0, 0.05) is 28.4 Å². The average Bonchev–Trinajstić information content (AvgIpc) is 3.10. The van der Waals surface area contributed by atoms with E-state index in [1.165, 1.54) is 9.75 Å². The maximum absolute atomic E-state index is 13.0. The lowest BCUT2D eigenvalue weighted by atomic mass is 10.0. The van der Waals surface area contributed by atoms with Crippen molar-refractivity contribution < 1.29 is 9.32 Å². The molecular formula is C18H21N3O2S. The Balaban J connectivity index is 2.24. The maximum atomic E-state index is 13.0. The van der Waals surface area contributed by atoms with E-state index in [2.05, 4.69) is 30.1 Å². The van der Waals surface area contributed by atoms with Gasteiger partial charge in [-0.1, -0.05) is 5.16 Å². The van der Waals surface area contributed by atoms with Crippen LogP contribution in [0.3, 0.4) is 0 Å². The molecule has 0 aliphatic heterocycles. The zero-order valence-corrected chi connectivity index (χ0v) is 15.5. The Hall–Kier alpha value is -2.21. The number of rotatable bonds is 4. The highest BCUT2D eigenvalue weighted by Gasteiger charge is 2.22. The molecule has 0 spiro atoms. The quantitative estimate of drug-likeness (QED) is 0.706. The van der Waals surface area contributed by atoms with E-state index in [-0.39, 0.29) is 5.91 Å². The Labute approximate surface area is 145 Å². The molecule has 0 radical (unpaired) electrons. The van der Waals surface area contributed by atoms with Crippen LogP contribution in [0.15, 0.2) is 16.7 Å². The van der Waals surface area contributed by atoms with Gasteiger partial charge in [-0.15, -0.1) is 11.3 Å². The summed E-state index contributed by atoms with van der Waals surface area (Å²) < 4.78 is 5.37. The number of carbonyl (C=O) groups is 1. The third-order valence-electron chi connectivity index (χ3n) is 4.22. The predicted molar refractivity (Wildman–Crippen MR) is 96.6 cm³/mol. The first kappa shape index (κ1) is 16.6. The highest BCUT2D eigenvalue weighted by atomic mass is 32.1. The van der Waals surface area contributed by atoms with Crippen LogP contribution in [0.5, 0.6) is 0 Å². The van der Waals surface area contributed by atoms with Gasteiger partial charge in [-0.3, -0.25) is 4.79 Å². The smallest absolute Gasteiger partial charge is 0.259 e. The molecule has 0 aliphatic rings. The summed E-state index contributed by atoms with van der Waals surface area (Å²) in [4.78, 5) is 21.8. The van der Waals surface area contributed by atoms with Crippen molar-refractivity contribution in [1.82, 2.24) is 15.0 Å². The SMILES string of the molecule is CCN(CC)C(=O)c1cc(-c2cc(C)sc2C)nc2onc(C)c12. The summed E-state index contributed by atoms with van der Waals surface area (Å²) in [5.74, 6) is -0.00967. The number of thiophene rings is 1. The first-order valence-electron chi connectivity index (χ1n) is 8.09. The minimum Gasteiger partial charge on any atom is -0.339 e. The lowest BCUT2D eigenvalue weighted by Crippen LogP contribution is -2.30. The highest BCUT2D eigenvalue weighted by molar-refractivity contribution is 7.12. The molecule has 0 aromatic carbocycles. The molecule has 0 bridgehead atoms. The molecule has 6 heteroatoms. The Morgan fingerprint density at radius 2 is 1.92 bits per heavy atom. The van der Waals surface area contributed by atoms with E-state index in [9.17, 15) is 4.79 Å². The molecule has 0 unspecified atom stereocenters. The van der Waals surface area contributed by atoms with Crippen LogP contribution in [0.2, 0.25) is 0 Å². The van der Waals surface area contributed by atoms with Crippen LogP contribution in [-0.2, 0) is 0 Å². The number of aryl methyl sites for hydroxylation is 3. The number of pyridine rings is 1. The molecule has 1 amide bonds. The summed E-state index contributed by atoms with van der Waals surface area (Å²) in [5.41, 5.74) is 3.53.